The van der Waals surface area contributed by atoms with E-state index in [1.54, 1.807) is 0 Å². The molecule has 144 valence electrons. The van der Waals surface area contributed by atoms with Gasteiger partial charge >= 0.3 is 6.18 Å². The number of alkyl halides is 3. The molecule has 0 aliphatic heterocycles. The van der Waals surface area contributed by atoms with E-state index in [0.717, 1.165) is 13.0 Å². The van der Waals surface area contributed by atoms with E-state index in [9.17, 15) is 13.2 Å². The van der Waals surface area contributed by atoms with Gasteiger partial charge in [0.25, 0.3) is 0 Å². The summed E-state index contributed by atoms with van der Waals surface area (Å²) in [6.07, 6.45) is -2.35. The molecule has 0 amide bonds. The first-order chi connectivity index (χ1) is 10.6. The van der Waals surface area contributed by atoms with Crippen molar-refractivity contribution in [3.05, 3.63) is 0 Å². The highest BCUT2D eigenvalue weighted by atomic mass is 127. The third-order valence-electron chi connectivity index (χ3n) is 3.86. The number of nitrogens with one attached hydrogen (secondary N) is 3. The van der Waals surface area contributed by atoms with Gasteiger partial charge in [-0.05, 0) is 47.0 Å². The van der Waals surface area contributed by atoms with Crippen LogP contribution in [0.25, 0.3) is 0 Å². The average Bonchev–Trinajstić information content (AvgIpc) is 2.42. The van der Waals surface area contributed by atoms with E-state index < -0.39 is 12.1 Å². The van der Waals surface area contributed by atoms with Gasteiger partial charge in [-0.3, -0.25) is 4.99 Å². The molecule has 1 fully saturated rings. The Balaban J connectivity index is 0.00000529. The van der Waals surface area contributed by atoms with E-state index in [1.165, 1.54) is 0 Å². The van der Waals surface area contributed by atoms with Crippen molar-refractivity contribution in [1.29, 1.82) is 0 Å². The summed E-state index contributed by atoms with van der Waals surface area (Å²) in [6.45, 7) is 10.2. The van der Waals surface area contributed by atoms with Crippen LogP contribution in [0, 0.1) is 5.92 Å². The monoisotopic (exact) mass is 464 g/mol. The van der Waals surface area contributed by atoms with E-state index in [2.05, 4.69) is 41.7 Å². The highest BCUT2D eigenvalue weighted by molar-refractivity contribution is 14.0. The zero-order valence-electron chi connectivity index (χ0n) is 15.1. The van der Waals surface area contributed by atoms with Crippen LogP contribution in [-0.2, 0) is 0 Å². The molecule has 0 aromatic rings. The summed E-state index contributed by atoms with van der Waals surface area (Å²) in [5, 5.41) is 9.62. The molecule has 1 aliphatic rings. The predicted octanol–water partition coefficient (Wildman–Crippen LogP) is 3.67. The van der Waals surface area contributed by atoms with Gasteiger partial charge in [0.05, 0.1) is 12.5 Å². The molecule has 0 spiro atoms. The molecule has 2 unspecified atom stereocenters. The van der Waals surface area contributed by atoms with E-state index in [0.29, 0.717) is 25.5 Å². The number of guanidine groups is 1. The Kier molecular flexibility index (Phi) is 10.6. The van der Waals surface area contributed by atoms with Crippen molar-refractivity contribution in [2.45, 2.75) is 71.1 Å². The van der Waals surface area contributed by atoms with Gasteiger partial charge in [-0.15, -0.1) is 24.0 Å². The second-order valence-electron chi connectivity index (χ2n) is 7.18. The molecule has 0 radical (unpaired) electrons. The lowest BCUT2D eigenvalue weighted by Gasteiger charge is -2.32. The lowest BCUT2D eigenvalue weighted by atomic mass is 9.85. The van der Waals surface area contributed by atoms with Crippen molar-refractivity contribution >= 4 is 29.9 Å². The third kappa shape index (κ3) is 9.90. The molecule has 0 heterocycles. The van der Waals surface area contributed by atoms with Gasteiger partial charge in [-0.1, -0.05) is 6.42 Å². The van der Waals surface area contributed by atoms with Crippen LogP contribution in [0.1, 0.15) is 53.4 Å². The molecule has 8 heteroatoms. The van der Waals surface area contributed by atoms with Crippen molar-refractivity contribution in [3.8, 4) is 0 Å². The minimum Gasteiger partial charge on any atom is -0.357 e. The molecule has 4 nitrogen and oxygen atoms in total. The lowest BCUT2D eigenvalue weighted by molar-refractivity contribution is -0.183. The molecular weight excluding hydrogens is 432 g/mol. The minimum absolute atomic E-state index is 0. The summed E-state index contributed by atoms with van der Waals surface area (Å²) in [6, 6.07) is -0.163. The first kappa shape index (κ1) is 23.8. The highest BCUT2D eigenvalue weighted by Crippen LogP contribution is 2.37. The van der Waals surface area contributed by atoms with E-state index in [-0.39, 0.29) is 48.4 Å². The molecule has 3 N–H and O–H groups in total. The van der Waals surface area contributed by atoms with Gasteiger partial charge in [0, 0.05) is 24.7 Å². The summed E-state index contributed by atoms with van der Waals surface area (Å²) >= 11 is 0. The van der Waals surface area contributed by atoms with Crippen LogP contribution in [0.3, 0.4) is 0 Å². The van der Waals surface area contributed by atoms with Crippen LogP contribution in [0.15, 0.2) is 4.99 Å². The van der Waals surface area contributed by atoms with Crippen molar-refractivity contribution in [3.63, 3.8) is 0 Å². The van der Waals surface area contributed by atoms with Gasteiger partial charge in [-0.25, -0.2) is 0 Å². The first-order valence-electron chi connectivity index (χ1n) is 8.48. The zero-order valence-corrected chi connectivity index (χ0v) is 17.4. The standard InChI is InChI=1S/C16H31F3N4.HI/c1-5-20-14(21-9-10-22-15(2,3)4)23-13-8-6-7-12(11-13)16(17,18)19;/h12-13,22H,5-11H2,1-4H3,(H2,20,21,23);1H. The van der Waals surface area contributed by atoms with E-state index in [4.69, 9.17) is 0 Å². The molecule has 0 aromatic carbocycles. The topological polar surface area (TPSA) is 48.5 Å². The normalized spacial score (nSPS) is 22.7. The maximum absolute atomic E-state index is 12.9. The molecule has 2 atom stereocenters. The Hall–Kier alpha value is -0.250. The summed E-state index contributed by atoms with van der Waals surface area (Å²) in [5.74, 6) is -0.588. The van der Waals surface area contributed by atoms with Crippen LogP contribution in [0.4, 0.5) is 13.2 Å². The number of rotatable bonds is 5. The highest BCUT2D eigenvalue weighted by Gasteiger charge is 2.42. The molecule has 1 aliphatic carbocycles. The minimum atomic E-state index is -4.09. The fourth-order valence-electron chi connectivity index (χ4n) is 2.73. The molecule has 1 saturated carbocycles. The smallest absolute Gasteiger partial charge is 0.357 e. The van der Waals surface area contributed by atoms with Gasteiger partial charge < -0.3 is 16.0 Å². The second kappa shape index (κ2) is 10.7. The maximum atomic E-state index is 12.9. The molecule has 24 heavy (non-hydrogen) atoms. The van der Waals surface area contributed by atoms with Gasteiger partial charge in [0.1, 0.15) is 0 Å². The number of hydrogen-bond acceptors (Lipinski definition) is 2. The molecule has 0 bridgehead atoms. The largest absolute Gasteiger partial charge is 0.391 e. The number of aliphatic imine (C=N–C) groups is 1. The number of hydrogen-bond donors (Lipinski definition) is 3. The van der Waals surface area contributed by atoms with Gasteiger partial charge in [-0.2, -0.15) is 13.2 Å². The molecule has 0 aromatic heterocycles. The van der Waals surface area contributed by atoms with Crippen molar-refractivity contribution < 1.29 is 13.2 Å². The fourth-order valence-corrected chi connectivity index (χ4v) is 2.73. The quantitative estimate of drug-likeness (QED) is 0.252. The van der Waals surface area contributed by atoms with Crippen molar-refractivity contribution in [2.24, 2.45) is 10.9 Å². The van der Waals surface area contributed by atoms with E-state index >= 15 is 0 Å². The fraction of sp³-hybridized carbons (Fsp3) is 0.938. The van der Waals surface area contributed by atoms with Crippen molar-refractivity contribution in [2.75, 3.05) is 19.6 Å². The molecule has 1 rings (SSSR count). The van der Waals surface area contributed by atoms with Gasteiger partial charge in [0.2, 0.25) is 0 Å². The summed E-state index contributed by atoms with van der Waals surface area (Å²) < 4.78 is 38.6. The molecule has 0 saturated heterocycles. The van der Waals surface area contributed by atoms with Crippen LogP contribution < -0.4 is 16.0 Å². The molecular formula is C16H32F3IN4. The summed E-state index contributed by atoms with van der Waals surface area (Å²) in [7, 11) is 0. The number of halogens is 4. The third-order valence-corrected chi connectivity index (χ3v) is 3.86. The Labute approximate surface area is 160 Å². The lowest BCUT2D eigenvalue weighted by Crippen LogP contribution is -2.47. The van der Waals surface area contributed by atoms with Crippen LogP contribution >= 0.6 is 24.0 Å². The van der Waals surface area contributed by atoms with E-state index in [1.807, 2.05) is 6.92 Å². The second-order valence-corrected chi connectivity index (χ2v) is 7.18. The predicted molar refractivity (Wildman–Crippen MR) is 104 cm³/mol. The SMILES string of the molecule is CCNC(=NCCNC(C)(C)C)NC1CCCC(C(F)(F)F)C1.I. The van der Waals surface area contributed by atoms with Crippen LogP contribution in [0.5, 0.6) is 0 Å². The Morgan fingerprint density at radius 2 is 1.83 bits per heavy atom. The Morgan fingerprint density at radius 3 is 2.38 bits per heavy atom. The van der Waals surface area contributed by atoms with Gasteiger partial charge in [0.15, 0.2) is 5.96 Å². The average molecular weight is 464 g/mol. The first-order valence-corrected chi connectivity index (χ1v) is 8.48. The Bertz CT molecular complexity index is 380. The van der Waals surface area contributed by atoms with Crippen molar-refractivity contribution in [1.82, 2.24) is 16.0 Å². The zero-order chi connectivity index (χ0) is 17.5. The summed E-state index contributed by atoms with van der Waals surface area (Å²) in [4.78, 5) is 4.45. The summed E-state index contributed by atoms with van der Waals surface area (Å²) in [5.41, 5.74) is 0.0323. The maximum Gasteiger partial charge on any atom is 0.391 e. The van der Waals surface area contributed by atoms with Crippen LogP contribution in [0.2, 0.25) is 0 Å². The number of nitrogens with zero attached hydrogens (tertiary/aromatic N) is 1. The van der Waals surface area contributed by atoms with Crippen LogP contribution in [-0.4, -0.2) is 43.4 Å². The Morgan fingerprint density at radius 1 is 1.17 bits per heavy atom.